The summed E-state index contributed by atoms with van der Waals surface area (Å²) >= 11 is 0. The number of aromatic nitrogens is 3. The SMILES string of the molecule is CC(C(=O)Nc1ccc(Oc2ccc(F)cc2)cn1)N1CCN(C(=O)c2cn[nH]c2)CC1. The number of carbonyl (C=O) groups excluding carboxylic acids is 2. The van der Waals surface area contributed by atoms with E-state index in [9.17, 15) is 14.0 Å². The number of nitrogens with zero attached hydrogens (tertiary/aromatic N) is 4. The minimum atomic E-state index is -0.377. The Labute approximate surface area is 184 Å². The summed E-state index contributed by atoms with van der Waals surface area (Å²) < 4.78 is 18.6. The van der Waals surface area contributed by atoms with Gasteiger partial charge in [0.2, 0.25) is 5.91 Å². The third kappa shape index (κ3) is 5.09. The van der Waals surface area contributed by atoms with Crippen LogP contribution in [-0.2, 0) is 4.79 Å². The fourth-order valence-corrected chi connectivity index (χ4v) is 3.41. The molecule has 1 aromatic carbocycles. The molecule has 1 saturated heterocycles. The molecule has 1 fully saturated rings. The molecule has 1 aliphatic rings. The normalized spacial score (nSPS) is 15.2. The van der Waals surface area contributed by atoms with E-state index in [0.29, 0.717) is 49.1 Å². The maximum Gasteiger partial charge on any atom is 0.257 e. The number of halogens is 1. The van der Waals surface area contributed by atoms with E-state index in [2.05, 4.69) is 20.5 Å². The fraction of sp³-hybridized carbons (Fsp3) is 0.273. The van der Waals surface area contributed by atoms with Crippen molar-refractivity contribution in [3.05, 3.63) is 66.4 Å². The number of carbonyl (C=O) groups is 2. The molecule has 166 valence electrons. The van der Waals surface area contributed by atoms with Crippen molar-refractivity contribution in [1.82, 2.24) is 25.0 Å². The largest absolute Gasteiger partial charge is 0.456 e. The Bertz CT molecular complexity index is 1050. The van der Waals surface area contributed by atoms with Gasteiger partial charge in [-0.1, -0.05) is 0 Å². The van der Waals surface area contributed by atoms with Gasteiger partial charge in [0.1, 0.15) is 23.1 Å². The Morgan fingerprint density at radius 1 is 1.06 bits per heavy atom. The van der Waals surface area contributed by atoms with E-state index in [-0.39, 0.29) is 23.7 Å². The maximum atomic E-state index is 13.0. The number of hydrogen-bond donors (Lipinski definition) is 2. The quantitative estimate of drug-likeness (QED) is 0.613. The predicted molar refractivity (Wildman–Crippen MR) is 115 cm³/mol. The molecule has 1 atom stereocenters. The highest BCUT2D eigenvalue weighted by Crippen LogP contribution is 2.22. The molecule has 2 aromatic heterocycles. The van der Waals surface area contributed by atoms with Crippen molar-refractivity contribution >= 4 is 17.6 Å². The Hall–Kier alpha value is -3.79. The van der Waals surface area contributed by atoms with Gasteiger partial charge in [0.15, 0.2) is 0 Å². The molecule has 3 heterocycles. The number of anilines is 1. The summed E-state index contributed by atoms with van der Waals surface area (Å²) in [6, 6.07) is 8.61. The van der Waals surface area contributed by atoms with Gasteiger partial charge in [0, 0.05) is 32.4 Å². The first kappa shape index (κ1) is 21.4. The van der Waals surface area contributed by atoms with E-state index in [1.165, 1.54) is 36.7 Å². The van der Waals surface area contributed by atoms with Gasteiger partial charge in [-0.05, 0) is 43.3 Å². The maximum absolute atomic E-state index is 13.0. The first-order valence-electron chi connectivity index (χ1n) is 10.2. The summed E-state index contributed by atoms with van der Waals surface area (Å²) in [6.45, 7) is 4.09. The number of rotatable bonds is 6. The lowest BCUT2D eigenvalue weighted by atomic mass is 10.2. The van der Waals surface area contributed by atoms with E-state index in [1.807, 2.05) is 11.8 Å². The number of ether oxygens (including phenoxy) is 1. The second-order valence-corrected chi connectivity index (χ2v) is 7.42. The van der Waals surface area contributed by atoms with E-state index < -0.39 is 0 Å². The zero-order chi connectivity index (χ0) is 22.5. The number of amides is 2. The van der Waals surface area contributed by atoms with Crippen LogP contribution < -0.4 is 10.1 Å². The molecule has 0 saturated carbocycles. The number of aromatic amines is 1. The van der Waals surface area contributed by atoms with Gasteiger partial charge in [0.05, 0.1) is 24.0 Å². The van der Waals surface area contributed by atoms with Gasteiger partial charge in [-0.3, -0.25) is 19.6 Å². The third-order valence-corrected chi connectivity index (χ3v) is 5.31. The molecular weight excluding hydrogens is 415 g/mol. The van der Waals surface area contributed by atoms with Crippen LogP contribution in [0, 0.1) is 5.82 Å². The molecule has 10 heteroatoms. The van der Waals surface area contributed by atoms with Crippen LogP contribution in [0.5, 0.6) is 11.5 Å². The average Bonchev–Trinajstić information content (AvgIpc) is 3.36. The molecule has 1 unspecified atom stereocenters. The van der Waals surface area contributed by atoms with Crippen molar-refractivity contribution in [3.63, 3.8) is 0 Å². The van der Waals surface area contributed by atoms with Crippen LogP contribution in [0.2, 0.25) is 0 Å². The van der Waals surface area contributed by atoms with E-state index in [0.717, 1.165) is 0 Å². The van der Waals surface area contributed by atoms with Crippen molar-refractivity contribution in [1.29, 1.82) is 0 Å². The number of hydrogen-bond acceptors (Lipinski definition) is 6. The lowest BCUT2D eigenvalue weighted by molar-refractivity contribution is -0.121. The van der Waals surface area contributed by atoms with E-state index in [4.69, 9.17) is 4.74 Å². The Morgan fingerprint density at radius 3 is 2.41 bits per heavy atom. The zero-order valence-electron chi connectivity index (χ0n) is 17.5. The van der Waals surface area contributed by atoms with Crippen LogP contribution in [0.3, 0.4) is 0 Å². The fourth-order valence-electron chi connectivity index (χ4n) is 3.41. The smallest absolute Gasteiger partial charge is 0.257 e. The van der Waals surface area contributed by atoms with Crippen LogP contribution in [-0.4, -0.2) is 69.0 Å². The number of benzene rings is 1. The molecule has 0 aliphatic carbocycles. The summed E-state index contributed by atoms with van der Waals surface area (Å²) in [7, 11) is 0. The highest BCUT2D eigenvalue weighted by molar-refractivity contribution is 5.94. The lowest BCUT2D eigenvalue weighted by Gasteiger charge is -2.37. The molecule has 1 aliphatic heterocycles. The highest BCUT2D eigenvalue weighted by Gasteiger charge is 2.28. The molecule has 2 amide bonds. The molecule has 0 spiro atoms. The lowest BCUT2D eigenvalue weighted by Crippen LogP contribution is -2.54. The molecule has 2 N–H and O–H groups in total. The zero-order valence-corrected chi connectivity index (χ0v) is 17.5. The second kappa shape index (κ2) is 9.56. The topological polar surface area (TPSA) is 103 Å². The van der Waals surface area contributed by atoms with Crippen molar-refractivity contribution in [2.45, 2.75) is 13.0 Å². The summed E-state index contributed by atoms with van der Waals surface area (Å²) in [5, 5.41) is 9.26. The van der Waals surface area contributed by atoms with Crippen LogP contribution >= 0.6 is 0 Å². The van der Waals surface area contributed by atoms with Crippen LogP contribution in [0.1, 0.15) is 17.3 Å². The number of H-pyrrole nitrogens is 1. The van der Waals surface area contributed by atoms with Crippen molar-refractivity contribution in [2.24, 2.45) is 0 Å². The van der Waals surface area contributed by atoms with Gasteiger partial charge < -0.3 is 15.0 Å². The van der Waals surface area contributed by atoms with E-state index >= 15 is 0 Å². The van der Waals surface area contributed by atoms with Crippen molar-refractivity contribution in [2.75, 3.05) is 31.5 Å². The predicted octanol–water partition coefficient (Wildman–Crippen LogP) is 2.52. The molecular formula is C22H23FN6O3. The summed E-state index contributed by atoms with van der Waals surface area (Å²) in [6.07, 6.45) is 4.57. The van der Waals surface area contributed by atoms with Gasteiger partial charge in [-0.25, -0.2) is 9.37 Å². The number of piperazine rings is 1. The van der Waals surface area contributed by atoms with Crippen LogP contribution in [0.4, 0.5) is 10.2 Å². The molecule has 32 heavy (non-hydrogen) atoms. The average molecular weight is 438 g/mol. The second-order valence-electron chi connectivity index (χ2n) is 7.42. The van der Waals surface area contributed by atoms with Gasteiger partial charge in [0.25, 0.3) is 5.91 Å². The van der Waals surface area contributed by atoms with Gasteiger partial charge in [-0.15, -0.1) is 0 Å². The standard InChI is InChI=1S/C22H23FN6O3/c1-15(28-8-10-29(11-9-28)22(31)16-12-25-26-13-16)21(30)27-20-7-6-19(14-24-20)32-18-4-2-17(23)3-5-18/h2-7,12-15H,8-11H2,1H3,(H,25,26)(H,24,27,30). The molecule has 0 bridgehead atoms. The van der Waals surface area contributed by atoms with Crippen LogP contribution in [0.15, 0.2) is 55.0 Å². The highest BCUT2D eigenvalue weighted by atomic mass is 19.1. The van der Waals surface area contributed by atoms with Crippen molar-refractivity contribution < 1.29 is 18.7 Å². The summed E-state index contributed by atoms with van der Waals surface area (Å²) in [4.78, 5) is 33.1. The minimum absolute atomic E-state index is 0.0670. The third-order valence-electron chi connectivity index (χ3n) is 5.31. The van der Waals surface area contributed by atoms with Crippen LogP contribution in [0.25, 0.3) is 0 Å². The first-order valence-corrected chi connectivity index (χ1v) is 10.2. The first-order chi connectivity index (χ1) is 15.5. The van der Waals surface area contributed by atoms with Gasteiger partial charge >= 0.3 is 0 Å². The molecule has 0 radical (unpaired) electrons. The summed E-state index contributed by atoms with van der Waals surface area (Å²) in [5.41, 5.74) is 0.530. The Kier molecular flexibility index (Phi) is 6.41. The monoisotopic (exact) mass is 438 g/mol. The minimum Gasteiger partial charge on any atom is -0.456 e. The van der Waals surface area contributed by atoms with E-state index in [1.54, 1.807) is 23.2 Å². The molecule has 9 nitrogen and oxygen atoms in total. The summed E-state index contributed by atoms with van der Waals surface area (Å²) in [5.74, 6) is 0.780. The Balaban J connectivity index is 1.27. The number of pyridine rings is 1. The molecule has 4 rings (SSSR count). The Morgan fingerprint density at radius 2 is 1.78 bits per heavy atom. The number of nitrogens with one attached hydrogen (secondary N) is 2. The molecule has 3 aromatic rings. The van der Waals surface area contributed by atoms with Crippen molar-refractivity contribution in [3.8, 4) is 11.5 Å². The van der Waals surface area contributed by atoms with Gasteiger partial charge in [-0.2, -0.15) is 5.10 Å².